The second-order valence-electron chi connectivity index (χ2n) is 5.73. The van der Waals surface area contributed by atoms with Crippen molar-refractivity contribution in [2.24, 2.45) is 0 Å². The summed E-state index contributed by atoms with van der Waals surface area (Å²) in [4.78, 5) is 27.4. The van der Waals surface area contributed by atoms with Crippen LogP contribution < -0.4 is 10.2 Å². The van der Waals surface area contributed by atoms with E-state index in [1.807, 2.05) is 31.2 Å². The summed E-state index contributed by atoms with van der Waals surface area (Å²) in [6.45, 7) is 6.42. The lowest BCUT2D eigenvalue weighted by Gasteiger charge is -2.20. The summed E-state index contributed by atoms with van der Waals surface area (Å²) >= 11 is 0. The average molecular weight is 303 g/mol. The van der Waals surface area contributed by atoms with Crippen molar-refractivity contribution >= 4 is 23.2 Å². The largest absolute Gasteiger partial charge is 0.372 e. The van der Waals surface area contributed by atoms with Crippen molar-refractivity contribution in [3.63, 3.8) is 0 Å². The SMILES string of the molecule is CCCN(CC(=O)Nc1ccc(N2CCCC2)cc1)C(C)=O. The summed E-state index contributed by atoms with van der Waals surface area (Å²) in [5, 5.41) is 2.85. The van der Waals surface area contributed by atoms with E-state index in [-0.39, 0.29) is 18.4 Å². The molecule has 0 saturated carbocycles. The summed E-state index contributed by atoms with van der Waals surface area (Å²) in [7, 11) is 0. The number of rotatable bonds is 6. The van der Waals surface area contributed by atoms with E-state index < -0.39 is 0 Å². The minimum Gasteiger partial charge on any atom is -0.372 e. The molecule has 5 nitrogen and oxygen atoms in total. The van der Waals surface area contributed by atoms with Gasteiger partial charge in [0.1, 0.15) is 0 Å². The Labute approximate surface area is 132 Å². The summed E-state index contributed by atoms with van der Waals surface area (Å²) in [5.41, 5.74) is 1.97. The predicted molar refractivity (Wildman–Crippen MR) is 89.1 cm³/mol. The maximum atomic E-state index is 12.0. The molecule has 1 aliphatic heterocycles. The van der Waals surface area contributed by atoms with Crippen molar-refractivity contribution in [2.75, 3.05) is 36.4 Å². The van der Waals surface area contributed by atoms with Gasteiger partial charge in [0.25, 0.3) is 0 Å². The minimum atomic E-state index is -0.155. The van der Waals surface area contributed by atoms with Crippen LogP contribution in [0.1, 0.15) is 33.1 Å². The van der Waals surface area contributed by atoms with E-state index in [4.69, 9.17) is 0 Å². The smallest absolute Gasteiger partial charge is 0.243 e. The molecule has 0 radical (unpaired) electrons. The first-order valence-corrected chi connectivity index (χ1v) is 8.00. The molecule has 1 aromatic carbocycles. The third-order valence-electron chi connectivity index (χ3n) is 3.90. The molecule has 1 aliphatic rings. The van der Waals surface area contributed by atoms with Crippen LogP contribution in [0.4, 0.5) is 11.4 Å². The second-order valence-corrected chi connectivity index (χ2v) is 5.73. The van der Waals surface area contributed by atoms with Gasteiger partial charge in [0, 0.05) is 37.9 Å². The Kier molecular flexibility index (Phi) is 5.81. The van der Waals surface area contributed by atoms with Gasteiger partial charge in [-0.3, -0.25) is 9.59 Å². The van der Waals surface area contributed by atoms with Crippen LogP contribution in [0, 0.1) is 0 Å². The van der Waals surface area contributed by atoms with Gasteiger partial charge in [0.15, 0.2) is 0 Å². The lowest BCUT2D eigenvalue weighted by Crippen LogP contribution is -2.37. The Bertz CT molecular complexity index is 507. The van der Waals surface area contributed by atoms with Crippen molar-refractivity contribution in [1.82, 2.24) is 4.90 Å². The van der Waals surface area contributed by atoms with Gasteiger partial charge in [-0.2, -0.15) is 0 Å². The molecular weight excluding hydrogens is 278 g/mol. The molecule has 0 spiro atoms. The quantitative estimate of drug-likeness (QED) is 0.878. The minimum absolute atomic E-state index is 0.0682. The highest BCUT2D eigenvalue weighted by atomic mass is 16.2. The van der Waals surface area contributed by atoms with E-state index in [1.54, 1.807) is 4.90 Å². The van der Waals surface area contributed by atoms with E-state index in [1.165, 1.54) is 25.5 Å². The summed E-state index contributed by atoms with van der Waals surface area (Å²) in [6, 6.07) is 7.92. The van der Waals surface area contributed by atoms with E-state index in [0.717, 1.165) is 25.2 Å². The highest BCUT2D eigenvalue weighted by Crippen LogP contribution is 2.21. The van der Waals surface area contributed by atoms with Crippen LogP contribution >= 0.6 is 0 Å². The first-order valence-electron chi connectivity index (χ1n) is 8.00. The number of carbonyl (C=O) groups excluding carboxylic acids is 2. The van der Waals surface area contributed by atoms with Crippen LogP contribution in [0.15, 0.2) is 24.3 Å². The van der Waals surface area contributed by atoms with Crippen molar-refractivity contribution in [3.8, 4) is 0 Å². The highest BCUT2D eigenvalue weighted by Gasteiger charge is 2.14. The Morgan fingerprint density at radius 2 is 1.82 bits per heavy atom. The molecule has 5 heteroatoms. The molecule has 120 valence electrons. The molecular formula is C17H25N3O2. The fourth-order valence-corrected chi connectivity index (χ4v) is 2.72. The average Bonchev–Trinajstić information content (AvgIpc) is 3.01. The number of amides is 2. The van der Waals surface area contributed by atoms with Crippen LogP contribution in [0.25, 0.3) is 0 Å². The van der Waals surface area contributed by atoms with E-state index in [9.17, 15) is 9.59 Å². The molecule has 1 fully saturated rings. The van der Waals surface area contributed by atoms with E-state index in [2.05, 4.69) is 10.2 Å². The van der Waals surface area contributed by atoms with Crippen LogP contribution in [-0.4, -0.2) is 42.9 Å². The molecule has 1 N–H and O–H groups in total. The Morgan fingerprint density at radius 1 is 1.18 bits per heavy atom. The molecule has 22 heavy (non-hydrogen) atoms. The van der Waals surface area contributed by atoms with Gasteiger partial charge in [0.05, 0.1) is 6.54 Å². The molecule has 0 aromatic heterocycles. The third kappa shape index (κ3) is 4.48. The number of nitrogens with one attached hydrogen (secondary N) is 1. The van der Waals surface area contributed by atoms with Gasteiger partial charge in [-0.15, -0.1) is 0 Å². The molecule has 0 unspecified atom stereocenters. The Balaban J connectivity index is 1.89. The zero-order chi connectivity index (χ0) is 15.9. The number of benzene rings is 1. The molecule has 1 heterocycles. The van der Waals surface area contributed by atoms with Gasteiger partial charge in [-0.25, -0.2) is 0 Å². The Hall–Kier alpha value is -2.04. The van der Waals surface area contributed by atoms with Gasteiger partial charge in [-0.1, -0.05) is 6.92 Å². The maximum absolute atomic E-state index is 12.0. The fourth-order valence-electron chi connectivity index (χ4n) is 2.72. The molecule has 1 saturated heterocycles. The first kappa shape index (κ1) is 16.3. The summed E-state index contributed by atoms with van der Waals surface area (Å²) in [6.07, 6.45) is 3.34. The third-order valence-corrected chi connectivity index (χ3v) is 3.90. The lowest BCUT2D eigenvalue weighted by molar-refractivity contribution is -0.132. The first-order chi connectivity index (χ1) is 10.6. The molecule has 2 rings (SSSR count). The lowest BCUT2D eigenvalue weighted by atomic mass is 10.2. The zero-order valence-corrected chi connectivity index (χ0v) is 13.5. The molecule has 0 atom stereocenters. The molecule has 0 bridgehead atoms. The highest BCUT2D eigenvalue weighted by molar-refractivity contribution is 5.94. The second kappa shape index (κ2) is 7.82. The van der Waals surface area contributed by atoms with Crippen LogP contribution in [0.3, 0.4) is 0 Å². The van der Waals surface area contributed by atoms with Crippen LogP contribution in [-0.2, 0) is 9.59 Å². The van der Waals surface area contributed by atoms with Crippen molar-refractivity contribution in [1.29, 1.82) is 0 Å². The number of anilines is 2. The summed E-state index contributed by atoms with van der Waals surface area (Å²) in [5.74, 6) is -0.223. The summed E-state index contributed by atoms with van der Waals surface area (Å²) < 4.78 is 0. The van der Waals surface area contributed by atoms with Crippen LogP contribution in [0.2, 0.25) is 0 Å². The topological polar surface area (TPSA) is 52.7 Å². The Morgan fingerprint density at radius 3 is 2.36 bits per heavy atom. The number of nitrogens with zero attached hydrogens (tertiary/aromatic N) is 2. The molecule has 1 aromatic rings. The van der Waals surface area contributed by atoms with Crippen molar-refractivity contribution in [3.05, 3.63) is 24.3 Å². The fraction of sp³-hybridized carbons (Fsp3) is 0.529. The van der Waals surface area contributed by atoms with Crippen molar-refractivity contribution in [2.45, 2.75) is 33.1 Å². The van der Waals surface area contributed by atoms with E-state index >= 15 is 0 Å². The predicted octanol–water partition coefficient (Wildman–Crippen LogP) is 2.48. The number of hydrogen-bond donors (Lipinski definition) is 1. The number of hydrogen-bond acceptors (Lipinski definition) is 3. The van der Waals surface area contributed by atoms with Gasteiger partial charge < -0.3 is 15.1 Å². The standard InChI is InChI=1S/C17H25N3O2/c1-3-10-20(14(2)21)13-17(22)18-15-6-8-16(9-7-15)19-11-4-5-12-19/h6-9H,3-5,10-13H2,1-2H3,(H,18,22). The van der Waals surface area contributed by atoms with Gasteiger partial charge in [-0.05, 0) is 43.5 Å². The van der Waals surface area contributed by atoms with Crippen molar-refractivity contribution < 1.29 is 9.59 Å². The van der Waals surface area contributed by atoms with Crippen LogP contribution in [0.5, 0.6) is 0 Å². The van der Waals surface area contributed by atoms with Gasteiger partial charge >= 0.3 is 0 Å². The monoisotopic (exact) mass is 303 g/mol. The maximum Gasteiger partial charge on any atom is 0.243 e. The normalized spacial score (nSPS) is 14.0. The van der Waals surface area contributed by atoms with Gasteiger partial charge in [0.2, 0.25) is 11.8 Å². The molecule has 2 amide bonds. The van der Waals surface area contributed by atoms with E-state index in [0.29, 0.717) is 6.54 Å². The zero-order valence-electron chi connectivity index (χ0n) is 13.5. The molecule has 0 aliphatic carbocycles. The number of carbonyl (C=O) groups is 2.